The highest BCUT2D eigenvalue weighted by atomic mass is 35.5. The van der Waals surface area contributed by atoms with Crippen LogP contribution in [0.15, 0.2) is 91.0 Å². The Morgan fingerprint density at radius 3 is 1.15 bits per heavy atom. The number of aromatic nitrogens is 3. The fraction of sp³-hybridized carbons (Fsp3) is 0.483. The number of sulfonamides is 3. The van der Waals surface area contributed by atoms with Gasteiger partial charge in [0.15, 0.2) is 18.3 Å². The van der Waals surface area contributed by atoms with E-state index in [1.807, 2.05) is 171 Å². The molecule has 3 aromatic heterocycles. The Balaban J connectivity index is 0.000000193. The molecule has 21 nitrogen and oxygen atoms in total. The predicted molar refractivity (Wildman–Crippen MR) is 463 cm³/mol. The van der Waals surface area contributed by atoms with Gasteiger partial charge < -0.3 is 42.9 Å². The molecule has 8 heterocycles. The molecule has 0 aliphatic carbocycles. The molecule has 0 amide bonds. The lowest BCUT2D eigenvalue weighted by molar-refractivity contribution is -0.164. The fourth-order valence-electron chi connectivity index (χ4n) is 17.1. The van der Waals surface area contributed by atoms with Gasteiger partial charge in [-0.2, -0.15) is 0 Å². The number of hydrogen-bond donors (Lipinski definition) is 2. The number of H-pyrrole nitrogens is 1. The van der Waals surface area contributed by atoms with Crippen molar-refractivity contribution in [3.05, 3.63) is 157 Å². The summed E-state index contributed by atoms with van der Waals surface area (Å²) >= 11 is 18.6. The molecule has 0 spiro atoms. The van der Waals surface area contributed by atoms with Gasteiger partial charge in [0.2, 0.25) is 30.1 Å². The van der Waals surface area contributed by atoms with E-state index in [0.717, 1.165) is 102 Å². The van der Waals surface area contributed by atoms with Gasteiger partial charge in [0, 0.05) is 84.1 Å². The Morgan fingerprint density at radius 2 is 0.807 bits per heavy atom. The zero-order chi connectivity index (χ0) is 81.0. The van der Waals surface area contributed by atoms with E-state index >= 15 is 0 Å². The zero-order valence-corrected chi connectivity index (χ0v) is 71.1. The van der Waals surface area contributed by atoms with Gasteiger partial charge in [0.05, 0.1) is 94.0 Å². The molecule has 0 unspecified atom stereocenters. The van der Waals surface area contributed by atoms with Crippen LogP contribution in [0, 0.1) is 41.5 Å². The van der Waals surface area contributed by atoms with Gasteiger partial charge in [0.1, 0.15) is 0 Å². The maximum atomic E-state index is 13.6. The van der Waals surface area contributed by atoms with Crippen molar-refractivity contribution in [1.29, 1.82) is 0 Å². The van der Waals surface area contributed by atoms with E-state index in [1.54, 1.807) is 37.2 Å². The molecule has 0 bridgehead atoms. The smallest absolute Gasteiger partial charge is 0.339 e. The number of nitrogens with one attached hydrogen (secondary N) is 1. The number of anilines is 3. The molecule has 9 aromatic rings. The first-order chi connectivity index (χ1) is 51.9. The lowest BCUT2D eigenvalue weighted by Crippen LogP contribution is -2.50. The van der Waals surface area contributed by atoms with Crippen LogP contribution in [-0.4, -0.2) is 129 Å². The highest BCUT2D eigenvalue weighted by molar-refractivity contribution is 7.93. The molecule has 3 saturated heterocycles. The van der Waals surface area contributed by atoms with E-state index in [4.69, 9.17) is 58.5 Å². The van der Waals surface area contributed by atoms with Crippen molar-refractivity contribution >= 4 is 133 Å². The van der Waals surface area contributed by atoms with Crippen molar-refractivity contribution in [1.82, 2.24) is 14.1 Å². The summed E-state index contributed by atoms with van der Waals surface area (Å²) < 4.78 is 120. The molecule has 0 saturated carbocycles. The average molecular weight is 1690 g/mol. The van der Waals surface area contributed by atoms with Crippen molar-refractivity contribution in [3.63, 3.8) is 0 Å². The van der Waals surface area contributed by atoms with Gasteiger partial charge in [-0.25, -0.2) is 39.6 Å². The van der Waals surface area contributed by atoms with Crippen LogP contribution < -0.4 is 12.9 Å². The second-order valence-electron chi connectivity index (χ2n) is 32.7. The summed E-state index contributed by atoms with van der Waals surface area (Å²) in [5, 5.41) is 14.6. The zero-order valence-electron chi connectivity index (χ0n) is 66.4. The van der Waals surface area contributed by atoms with Crippen molar-refractivity contribution in [3.8, 4) is 33.4 Å². The number of aromatic amines is 1. The first kappa shape index (κ1) is 90.3. The number of methoxy groups -OCH3 is 2. The van der Waals surface area contributed by atoms with Gasteiger partial charge in [-0.1, -0.05) is 100 Å². The molecule has 3 fully saturated rings. The second-order valence-corrected chi connectivity index (χ2v) is 39.9. The van der Waals surface area contributed by atoms with Crippen LogP contribution in [0.1, 0.15) is 205 Å². The summed E-state index contributed by atoms with van der Waals surface area (Å²) in [4.78, 5) is 42.8. The van der Waals surface area contributed by atoms with Crippen LogP contribution in [0.2, 0.25) is 15.1 Å². The number of carbonyl (C=O) groups excluding carboxylic acids is 2. The van der Waals surface area contributed by atoms with Gasteiger partial charge in [-0.05, 0) is 253 Å². The molecule has 2 N–H and O–H groups in total. The summed E-state index contributed by atoms with van der Waals surface area (Å²) in [5.74, 6) is -1.94. The molecule has 6 atom stereocenters. The first-order valence-corrected chi connectivity index (χ1v) is 43.6. The van der Waals surface area contributed by atoms with Crippen molar-refractivity contribution in [2.45, 2.75) is 244 Å². The molecule has 114 heavy (non-hydrogen) atoms. The molecule has 6 aromatic carbocycles. The number of aryl methyl sites for hydroxylation is 3. The van der Waals surface area contributed by atoms with Crippen molar-refractivity contribution in [2.24, 2.45) is 0 Å². The second kappa shape index (κ2) is 33.8. The first-order valence-electron chi connectivity index (χ1n) is 37.7. The minimum Gasteiger partial charge on any atom is -0.479 e. The Bertz CT molecular complexity index is 5520. The van der Waals surface area contributed by atoms with Crippen LogP contribution in [0.25, 0.3) is 66.1 Å². The molecule has 5 aliphatic rings. The highest BCUT2D eigenvalue weighted by Gasteiger charge is 2.47. The van der Waals surface area contributed by atoms with Crippen LogP contribution >= 0.6 is 34.8 Å². The van der Waals surface area contributed by atoms with Crippen LogP contribution in [0.3, 0.4) is 0 Å². The Kier molecular flexibility index (Phi) is 26.7. The Labute approximate surface area is 689 Å². The molecule has 14 rings (SSSR count). The SMILES string of the molecule is C.C.C.CC[C@@H]1CCCS(=O)(=O)N1c1c(C)c([C@H](OC(C)(C)C)C(=O)OC)c(-c2ccc(Cl)cc2)c2cc(C)[nH]c12.COC(=O)[C@@H](OC(C)(C)C)c1c(C)c2c3c(cc(C)n3C[C@@H]3CCCS(=O)(=O)N23)c1-c1ccc(Cl)cc1.Cc1c([C@H](OC(C)(C)C)C(=O)O)c(-c2ccc(Cl)cc2)c2cc(C)n3c2c1N1[C@@H](CCCS1(=O)=O)C3. The molecular weight excluding hydrogens is 1570 g/mol. The lowest BCUT2D eigenvalue weighted by atomic mass is 9.87. The maximum Gasteiger partial charge on any atom is 0.339 e. The molecule has 620 valence electrons. The summed E-state index contributed by atoms with van der Waals surface area (Å²) in [6.07, 6.45) is 1.40. The minimum atomic E-state index is -3.59. The van der Waals surface area contributed by atoms with E-state index in [-0.39, 0.29) is 57.7 Å². The molecule has 5 aliphatic heterocycles. The summed E-state index contributed by atoms with van der Waals surface area (Å²) in [6.45, 7) is 31.5. The lowest BCUT2D eigenvalue weighted by Gasteiger charge is -2.42. The van der Waals surface area contributed by atoms with E-state index in [0.29, 0.717) is 104 Å². The van der Waals surface area contributed by atoms with E-state index in [1.165, 1.54) is 14.2 Å². The normalized spacial score (nSPS) is 18.8. The number of hydrogen-bond acceptors (Lipinski definition) is 14. The van der Waals surface area contributed by atoms with Gasteiger partial charge in [-0.15, -0.1) is 0 Å². The summed E-state index contributed by atoms with van der Waals surface area (Å²) in [7, 11) is -8.00. The minimum absolute atomic E-state index is 0. The quantitative estimate of drug-likeness (QED) is 0.0960. The van der Waals surface area contributed by atoms with E-state index < -0.39 is 83.1 Å². The topological polar surface area (TPSA) is 255 Å². The predicted octanol–water partition coefficient (Wildman–Crippen LogP) is 20.5. The van der Waals surface area contributed by atoms with Crippen LogP contribution in [-0.2, 0) is 81.2 Å². The van der Waals surface area contributed by atoms with Crippen LogP contribution in [0.5, 0.6) is 0 Å². The summed E-state index contributed by atoms with van der Waals surface area (Å²) in [6, 6.07) is 27.7. The number of fused-ring (bicyclic) bond motifs is 5. The number of esters is 2. The monoisotopic (exact) mass is 1680 g/mol. The van der Waals surface area contributed by atoms with E-state index in [2.05, 4.69) is 20.2 Å². The van der Waals surface area contributed by atoms with Crippen molar-refractivity contribution < 1.29 is 68.4 Å². The number of nitrogens with zero attached hydrogens (tertiary/aromatic N) is 5. The maximum absolute atomic E-state index is 13.6. The number of carbonyl (C=O) groups is 3. The molecule has 0 radical (unpaired) electrons. The van der Waals surface area contributed by atoms with E-state index in [9.17, 15) is 44.7 Å². The number of aliphatic carboxylic acids is 1. The van der Waals surface area contributed by atoms with Crippen LogP contribution in [0.4, 0.5) is 17.1 Å². The largest absolute Gasteiger partial charge is 0.479 e. The number of carboxylic acid groups (broad SMARTS) is 1. The third-order valence-electron chi connectivity index (χ3n) is 21.4. The summed E-state index contributed by atoms with van der Waals surface area (Å²) in [5.41, 5.74) is 13.5. The number of ether oxygens (including phenoxy) is 5. The van der Waals surface area contributed by atoms with Gasteiger partial charge in [-0.3, -0.25) is 12.9 Å². The third kappa shape index (κ3) is 17.2. The van der Waals surface area contributed by atoms with Gasteiger partial charge in [0.25, 0.3) is 0 Å². The average Bonchev–Trinajstić information content (AvgIpc) is 1.66. The van der Waals surface area contributed by atoms with Crippen molar-refractivity contribution in [2.75, 3.05) is 44.4 Å². The highest BCUT2D eigenvalue weighted by Crippen LogP contribution is 2.55. The third-order valence-corrected chi connectivity index (χ3v) is 27.8. The number of rotatable bonds is 14. The number of carboxylic acids is 1. The fourth-order valence-corrected chi connectivity index (χ4v) is 23.1. The Hall–Kier alpha value is -7.65. The van der Waals surface area contributed by atoms with Gasteiger partial charge >= 0.3 is 17.9 Å². The number of benzene rings is 6. The number of halogens is 3. The molecular formula is C87H113Cl3N6O15S3. The molecule has 27 heteroatoms. The standard InChI is InChI=1S/C29H37ClN2O5S.C28H33ClN2O5S.C27H31ClN2O5S.3CH4/c1-8-21-10-9-15-38(34,35)32(21)26-18(3)23(27(28(33)36-7)37-29(4,5)6)24(19-11-13-20(30)14-12-19)22-16-17(2)31-25(22)26;1-16-14-21-23(18-9-11-19(29)12-10-18)22(26(27(32)35-6)36-28(3,4)5)17(2)24-25(21)30(16)15-20-8-7-13-37(33,34)31(20)24;1-15-13-20-22(17-8-10-18(28)11-9-17)21(25(26(31)32)35-27(3,4)5)16(2)23-24(20)29(15)14-19-7-6-12-36(33,34)30(19)23;;;/h11-14,16,21,27,31H,8-10,15H2,1-7H3;9-12,14,20,26H,7-8,13,15H2,1-6H3;8-11,13,19,25H,6-7,12,14H2,1-5H3,(H,31,32);3*1H4/t21-,27+;20-,26-;19-,25-;;;/m100.../s1. The Morgan fingerprint density at radius 1 is 0.482 bits per heavy atom.